The molecule has 8 heteroatoms. The van der Waals surface area contributed by atoms with E-state index in [0.717, 1.165) is 11.1 Å². The van der Waals surface area contributed by atoms with Crippen molar-refractivity contribution in [2.24, 2.45) is 0 Å². The quantitative estimate of drug-likeness (QED) is 0.366. The molecule has 0 atom stereocenters. The number of fused-ring (bicyclic) bond motifs is 1. The number of hydrogen-bond donors (Lipinski definition) is 1. The van der Waals surface area contributed by atoms with Gasteiger partial charge < -0.3 is 14.8 Å². The number of methoxy groups -OCH3 is 2. The first-order chi connectivity index (χ1) is 15.9. The Labute approximate surface area is 198 Å². The van der Waals surface area contributed by atoms with Gasteiger partial charge in [0.15, 0.2) is 11.5 Å². The summed E-state index contributed by atoms with van der Waals surface area (Å²) in [5, 5.41) is 4.73. The monoisotopic (exact) mass is 463 g/mol. The Balaban J connectivity index is 1.71. The molecule has 0 aliphatic rings. The van der Waals surface area contributed by atoms with E-state index in [4.69, 9.17) is 26.1 Å². The lowest BCUT2D eigenvalue weighted by atomic mass is 9.85. The van der Waals surface area contributed by atoms with Crippen molar-refractivity contribution < 1.29 is 9.47 Å². The Morgan fingerprint density at radius 3 is 2.42 bits per heavy atom. The number of anilines is 2. The molecule has 33 heavy (non-hydrogen) atoms. The zero-order chi connectivity index (χ0) is 23.4. The highest BCUT2D eigenvalue weighted by atomic mass is 35.5. The third-order valence-corrected chi connectivity index (χ3v) is 5.62. The van der Waals surface area contributed by atoms with Crippen molar-refractivity contribution in [3.05, 3.63) is 71.1 Å². The van der Waals surface area contributed by atoms with Crippen molar-refractivity contribution in [3.63, 3.8) is 0 Å². The zero-order valence-corrected chi connectivity index (χ0v) is 19.8. The molecule has 0 fully saturated rings. The number of benzene rings is 1. The predicted molar refractivity (Wildman–Crippen MR) is 131 cm³/mol. The van der Waals surface area contributed by atoms with E-state index in [1.54, 1.807) is 32.5 Å². The molecule has 7 nitrogen and oxygen atoms in total. The van der Waals surface area contributed by atoms with Gasteiger partial charge in [0, 0.05) is 31.5 Å². The summed E-state index contributed by atoms with van der Waals surface area (Å²) >= 11 is 6.32. The van der Waals surface area contributed by atoms with E-state index in [1.807, 2.05) is 24.3 Å². The summed E-state index contributed by atoms with van der Waals surface area (Å²) in [4.78, 5) is 18.3. The van der Waals surface area contributed by atoms with Gasteiger partial charge in [0.25, 0.3) is 0 Å². The summed E-state index contributed by atoms with van der Waals surface area (Å²) in [6.07, 6.45) is 1.69. The normalized spacial score (nSPS) is 11.7. The molecule has 0 amide bonds. The van der Waals surface area contributed by atoms with Crippen LogP contribution in [0.1, 0.15) is 25.2 Å². The molecule has 4 aromatic rings. The highest BCUT2D eigenvalue weighted by Gasteiger charge is 2.20. The van der Waals surface area contributed by atoms with Gasteiger partial charge in [-0.1, -0.05) is 37.6 Å². The Kier molecular flexibility index (Phi) is 6.83. The highest BCUT2D eigenvalue weighted by Crippen LogP contribution is 2.30. The summed E-state index contributed by atoms with van der Waals surface area (Å²) < 4.78 is 10.6. The minimum absolute atomic E-state index is 0.0758. The first-order valence-corrected chi connectivity index (χ1v) is 10.9. The van der Waals surface area contributed by atoms with Gasteiger partial charge in [0.2, 0.25) is 0 Å². The summed E-state index contributed by atoms with van der Waals surface area (Å²) in [7, 11) is 3.33. The van der Waals surface area contributed by atoms with Crippen molar-refractivity contribution in [2.75, 3.05) is 26.1 Å². The van der Waals surface area contributed by atoms with Crippen LogP contribution in [0.25, 0.3) is 22.4 Å². The van der Waals surface area contributed by atoms with Crippen molar-refractivity contribution in [3.8, 4) is 11.4 Å². The first kappa shape index (κ1) is 23.0. The number of halogens is 1. The number of nitrogens with zero attached hydrogens (tertiary/aromatic N) is 4. The van der Waals surface area contributed by atoms with Gasteiger partial charge in [0.1, 0.15) is 18.1 Å². The topological polar surface area (TPSA) is 82.0 Å². The fourth-order valence-corrected chi connectivity index (χ4v) is 3.85. The van der Waals surface area contributed by atoms with Crippen LogP contribution in [-0.4, -0.2) is 40.8 Å². The van der Waals surface area contributed by atoms with E-state index in [-0.39, 0.29) is 12.0 Å². The van der Waals surface area contributed by atoms with E-state index >= 15 is 0 Å². The second-order valence-corrected chi connectivity index (χ2v) is 8.75. The maximum atomic E-state index is 6.32. The van der Waals surface area contributed by atoms with Gasteiger partial charge in [-0.15, -0.1) is 0 Å². The third kappa shape index (κ3) is 5.11. The fourth-order valence-electron chi connectivity index (χ4n) is 3.64. The second-order valence-electron chi connectivity index (χ2n) is 8.34. The lowest BCUT2D eigenvalue weighted by molar-refractivity contribution is 0.146. The van der Waals surface area contributed by atoms with E-state index in [0.29, 0.717) is 40.3 Å². The molecule has 0 saturated heterocycles. The molecule has 1 aromatic carbocycles. The fraction of sp³-hybridized carbons (Fsp3) is 0.280. The molecule has 3 heterocycles. The number of aromatic nitrogens is 4. The number of ether oxygens (including phenoxy) is 2. The van der Waals surface area contributed by atoms with E-state index in [9.17, 15) is 0 Å². The second kappa shape index (κ2) is 9.79. The lowest BCUT2D eigenvalue weighted by Crippen LogP contribution is -2.23. The zero-order valence-electron chi connectivity index (χ0n) is 19.1. The van der Waals surface area contributed by atoms with Crippen LogP contribution in [0.15, 0.2) is 54.7 Å². The maximum absolute atomic E-state index is 6.32. The minimum Gasteiger partial charge on any atom is -0.384 e. The average molecular weight is 464 g/mol. The lowest BCUT2D eigenvalue weighted by Gasteiger charge is -2.24. The summed E-state index contributed by atoms with van der Waals surface area (Å²) in [5.41, 5.74) is 3.82. The Hall–Kier alpha value is -3.13. The molecule has 3 aromatic heterocycles. The van der Waals surface area contributed by atoms with E-state index in [2.05, 4.69) is 46.2 Å². The molecular formula is C25H26ClN5O2. The number of rotatable bonds is 8. The van der Waals surface area contributed by atoms with Crippen LogP contribution >= 0.6 is 11.6 Å². The van der Waals surface area contributed by atoms with Crippen LogP contribution < -0.4 is 5.32 Å². The predicted octanol–water partition coefficient (Wildman–Crippen LogP) is 5.55. The third-order valence-electron chi connectivity index (χ3n) is 5.31. The molecule has 0 spiro atoms. The van der Waals surface area contributed by atoms with Crippen LogP contribution in [0.5, 0.6) is 0 Å². The summed E-state index contributed by atoms with van der Waals surface area (Å²) in [6, 6.07) is 15.6. The number of pyridine rings is 2. The Bertz CT molecular complexity index is 1260. The summed E-state index contributed by atoms with van der Waals surface area (Å²) in [5.74, 6) is 1.18. The molecule has 4 rings (SSSR count). The van der Waals surface area contributed by atoms with Gasteiger partial charge in [-0.05, 0) is 42.0 Å². The molecule has 0 radical (unpaired) electrons. The van der Waals surface area contributed by atoms with Crippen LogP contribution in [0.2, 0.25) is 5.02 Å². The largest absolute Gasteiger partial charge is 0.384 e. The Morgan fingerprint density at radius 2 is 1.73 bits per heavy atom. The molecule has 170 valence electrons. The van der Waals surface area contributed by atoms with Gasteiger partial charge in [-0.25, -0.2) is 15.0 Å². The van der Waals surface area contributed by atoms with Crippen molar-refractivity contribution in [1.29, 1.82) is 0 Å². The van der Waals surface area contributed by atoms with Gasteiger partial charge in [-0.3, -0.25) is 4.98 Å². The van der Waals surface area contributed by atoms with Crippen LogP contribution in [0, 0.1) is 0 Å². The van der Waals surface area contributed by atoms with Gasteiger partial charge in [-0.2, -0.15) is 0 Å². The molecule has 0 unspecified atom stereocenters. The van der Waals surface area contributed by atoms with Crippen molar-refractivity contribution >= 4 is 34.1 Å². The van der Waals surface area contributed by atoms with E-state index in [1.165, 1.54) is 5.56 Å². The minimum atomic E-state index is -0.0758. The number of nitrogens with one attached hydrogen (secondary N) is 1. The smallest absolute Gasteiger partial charge is 0.165 e. The average Bonchev–Trinajstić information content (AvgIpc) is 2.79. The first-order valence-electron chi connectivity index (χ1n) is 10.6. The molecular weight excluding hydrogens is 438 g/mol. The van der Waals surface area contributed by atoms with Crippen LogP contribution in [0.4, 0.5) is 11.5 Å². The van der Waals surface area contributed by atoms with Gasteiger partial charge >= 0.3 is 0 Å². The molecule has 0 saturated carbocycles. The SMILES string of the molecule is COCc1nc(Nc2ccc(C(C)(C)COC)cc2)c2ccc(-c3ncccc3Cl)nc2n1. The van der Waals surface area contributed by atoms with Crippen LogP contribution in [0.3, 0.4) is 0 Å². The van der Waals surface area contributed by atoms with Gasteiger partial charge in [0.05, 0.1) is 22.7 Å². The van der Waals surface area contributed by atoms with Crippen LogP contribution in [-0.2, 0) is 21.5 Å². The van der Waals surface area contributed by atoms with E-state index < -0.39 is 0 Å². The highest BCUT2D eigenvalue weighted by molar-refractivity contribution is 6.32. The van der Waals surface area contributed by atoms with Crippen molar-refractivity contribution in [1.82, 2.24) is 19.9 Å². The number of hydrogen-bond acceptors (Lipinski definition) is 7. The standard InChI is InChI=1S/C25H26ClN5O2/c1-25(2,15-33-4)16-7-9-17(10-8-16)28-23-18-11-12-20(22-19(26)6-5-13-27-22)29-24(18)31-21(30-23)14-32-3/h5-13H,14-15H2,1-4H3,(H,28,29,30,31). The Morgan fingerprint density at radius 1 is 0.939 bits per heavy atom. The maximum Gasteiger partial charge on any atom is 0.165 e. The molecule has 1 N–H and O–H groups in total. The van der Waals surface area contributed by atoms with Crippen molar-refractivity contribution in [2.45, 2.75) is 25.9 Å². The molecule has 0 aliphatic heterocycles. The molecule has 0 bridgehead atoms. The molecule has 0 aliphatic carbocycles. The summed E-state index contributed by atoms with van der Waals surface area (Å²) in [6.45, 7) is 5.23.